The number of hydrogen-bond acceptors (Lipinski definition) is 5. The Morgan fingerprint density at radius 2 is 1.81 bits per heavy atom. The van der Waals surface area contributed by atoms with Gasteiger partial charge >= 0.3 is 5.97 Å². The van der Waals surface area contributed by atoms with Crippen molar-refractivity contribution in [2.75, 3.05) is 5.32 Å². The van der Waals surface area contributed by atoms with Gasteiger partial charge in [0.2, 0.25) is 5.95 Å². The number of nitrogens with zero attached hydrogens (tertiary/aromatic N) is 3. The van der Waals surface area contributed by atoms with Gasteiger partial charge in [0.15, 0.2) is 0 Å². The van der Waals surface area contributed by atoms with E-state index in [0.717, 1.165) is 15.8 Å². The molecule has 1 aliphatic rings. The van der Waals surface area contributed by atoms with E-state index >= 15 is 0 Å². The molecular formula is C19H18N4O3. The lowest BCUT2D eigenvalue weighted by Crippen LogP contribution is -2.54. The van der Waals surface area contributed by atoms with Gasteiger partial charge in [0, 0.05) is 0 Å². The number of aryl methyl sites for hydroxylation is 1. The Kier molecular flexibility index (Phi) is 3.73. The largest absolute Gasteiger partial charge is 0.478 e. The first-order valence-electron chi connectivity index (χ1n) is 8.26. The van der Waals surface area contributed by atoms with E-state index in [1.807, 2.05) is 61.5 Å². The van der Waals surface area contributed by atoms with E-state index in [0.29, 0.717) is 5.56 Å². The van der Waals surface area contributed by atoms with Crippen LogP contribution >= 0.6 is 0 Å². The number of carboxylic acid groups (broad SMARTS) is 1. The zero-order chi connectivity index (χ0) is 18.3. The summed E-state index contributed by atoms with van der Waals surface area (Å²) in [5, 5.41) is 28.4. The molecule has 1 aliphatic heterocycles. The Hall–Kier alpha value is -3.19. The number of benzene rings is 2. The molecule has 0 spiro atoms. The van der Waals surface area contributed by atoms with Crippen LogP contribution in [0.25, 0.3) is 0 Å². The average molecular weight is 350 g/mol. The predicted octanol–water partition coefficient (Wildman–Crippen LogP) is 2.27. The Bertz CT molecular complexity index is 939. The van der Waals surface area contributed by atoms with Gasteiger partial charge < -0.3 is 15.5 Å². The fourth-order valence-electron chi connectivity index (χ4n) is 3.53. The van der Waals surface area contributed by atoms with Gasteiger partial charge in [-0.2, -0.15) is 14.8 Å². The zero-order valence-electron chi connectivity index (χ0n) is 14.1. The number of carboxylic acids is 1. The van der Waals surface area contributed by atoms with Crippen molar-refractivity contribution in [1.82, 2.24) is 14.8 Å². The lowest BCUT2D eigenvalue weighted by Gasteiger charge is -2.42. The van der Waals surface area contributed by atoms with Gasteiger partial charge in [0.25, 0.3) is 5.72 Å². The van der Waals surface area contributed by atoms with Crippen LogP contribution in [0.3, 0.4) is 0 Å². The third-order valence-electron chi connectivity index (χ3n) is 4.83. The van der Waals surface area contributed by atoms with Crippen molar-refractivity contribution in [3.63, 3.8) is 0 Å². The highest BCUT2D eigenvalue weighted by molar-refractivity contribution is 5.78. The summed E-state index contributed by atoms with van der Waals surface area (Å²) < 4.78 is 1.04. The molecule has 0 saturated carbocycles. The first kappa shape index (κ1) is 16.3. The monoisotopic (exact) mass is 350 g/mol. The Morgan fingerprint density at radius 1 is 1.12 bits per heavy atom. The molecule has 3 atom stereocenters. The van der Waals surface area contributed by atoms with E-state index in [1.54, 1.807) is 0 Å². The number of fused-ring (bicyclic) bond motifs is 1. The minimum atomic E-state index is -2.27. The van der Waals surface area contributed by atoms with Crippen LogP contribution < -0.4 is 5.32 Å². The first-order valence-corrected chi connectivity index (χ1v) is 8.26. The molecule has 0 radical (unpaired) electrons. The van der Waals surface area contributed by atoms with Crippen LogP contribution in [0, 0.1) is 6.92 Å². The zero-order valence-corrected chi connectivity index (χ0v) is 14.1. The topological polar surface area (TPSA) is 100 Å². The van der Waals surface area contributed by atoms with Gasteiger partial charge in [-0.15, -0.1) is 0 Å². The molecule has 3 N–H and O–H groups in total. The van der Waals surface area contributed by atoms with E-state index in [-0.39, 0.29) is 5.95 Å². The van der Waals surface area contributed by atoms with E-state index in [1.165, 1.54) is 6.33 Å². The maximum absolute atomic E-state index is 12.2. The van der Waals surface area contributed by atoms with Crippen molar-refractivity contribution in [3.05, 3.63) is 77.6 Å². The third kappa shape index (κ3) is 2.36. The van der Waals surface area contributed by atoms with Gasteiger partial charge in [0.1, 0.15) is 6.33 Å². The molecule has 7 nitrogen and oxygen atoms in total. The number of hydrogen-bond donors (Lipinski definition) is 3. The average Bonchev–Trinajstić information content (AvgIpc) is 3.12. The maximum atomic E-state index is 12.2. The van der Waals surface area contributed by atoms with E-state index in [4.69, 9.17) is 0 Å². The molecule has 26 heavy (non-hydrogen) atoms. The number of nitrogens with one attached hydrogen (secondary N) is 1. The summed E-state index contributed by atoms with van der Waals surface area (Å²) in [6, 6.07) is 16.4. The van der Waals surface area contributed by atoms with Gasteiger partial charge in [-0.25, -0.2) is 4.79 Å². The van der Waals surface area contributed by atoms with E-state index < -0.39 is 23.7 Å². The lowest BCUT2D eigenvalue weighted by molar-refractivity contribution is -0.179. The second-order valence-corrected chi connectivity index (χ2v) is 6.45. The minimum Gasteiger partial charge on any atom is -0.478 e. The van der Waals surface area contributed by atoms with E-state index in [2.05, 4.69) is 15.4 Å². The van der Waals surface area contributed by atoms with Gasteiger partial charge in [-0.05, 0) is 18.1 Å². The molecule has 1 aromatic heterocycles. The van der Waals surface area contributed by atoms with E-state index in [9.17, 15) is 15.0 Å². The van der Waals surface area contributed by atoms with Crippen molar-refractivity contribution in [2.45, 2.75) is 24.6 Å². The standard InChI is InChI=1S/C19H18N4O3/c1-12-7-9-14(10-8-12)16-15(13-5-3-2-4-6-13)19(26,17(24)25)23-18(22-16)20-11-21-23/h2-11,15-16,26H,1H3,(H,24,25)(H,20,21,22)/t15-,16+,19+/m1/s1. The second-order valence-electron chi connectivity index (χ2n) is 6.45. The first-order chi connectivity index (χ1) is 12.5. The lowest BCUT2D eigenvalue weighted by atomic mass is 9.78. The molecule has 2 aromatic carbocycles. The van der Waals surface area contributed by atoms with Crippen LogP contribution in [0.15, 0.2) is 60.9 Å². The highest BCUT2D eigenvalue weighted by Gasteiger charge is 2.56. The fraction of sp³-hybridized carbons (Fsp3) is 0.211. The molecule has 2 heterocycles. The highest BCUT2D eigenvalue weighted by Crippen LogP contribution is 2.47. The van der Waals surface area contributed by atoms with Gasteiger partial charge in [-0.1, -0.05) is 60.2 Å². The molecular weight excluding hydrogens is 332 g/mol. The molecule has 0 unspecified atom stereocenters. The van der Waals surface area contributed by atoms with Crippen LogP contribution in [0.4, 0.5) is 5.95 Å². The number of aliphatic carboxylic acids is 1. The minimum absolute atomic E-state index is 0.215. The summed E-state index contributed by atoms with van der Waals surface area (Å²) in [5.41, 5.74) is 0.376. The number of rotatable bonds is 3. The van der Waals surface area contributed by atoms with Crippen molar-refractivity contribution in [3.8, 4) is 0 Å². The van der Waals surface area contributed by atoms with Crippen molar-refractivity contribution in [2.24, 2.45) is 0 Å². The summed E-state index contributed by atoms with van der Waals surface area (Å²) in [4.78, 5) is 16.3. The van der Waals surface area contributed by atoms with Crippen LogP contribution in [-0.2, 0) is 10.5 Å². The summed E-state index contributed by atoms with van der Waals surface area (Å²) in [6.45, 7) is 1.98. The summed E-state index contributed by atoms with van der Waals surface area (Å²) in [7, 11) is 0. The molecule has 0 aliphatic carbocycles. The molecule has 7 heteroatoms. The summed E-state index contributed by atoms with van der Waals surface area (Å²) in [6.07, 6.45) is 1.23. The quantitative estimate of drug-likeness (QED) is 0.670. The van der Waals surface area contributed by atoms with Gasteiger partial charge in [-0.3, -0.25) is 0 Å². The van der Waals surface area contributed by atoms with Crippen LogP contribution in [0.5, 0.6) is 0 Å². The molecule has 0 amide bonds. The summed E-state index contributed by atoms with van der Waals surface area (Å²) in [5.74, 6) is -1.97. The Balaban J connectivity index is 1.95. The fourth-order valence-corrected chi connectivity index (χ4v) is 3.53. The molecule has 3 aromatic rings. The molecule has 0 fully saturated rings. The normalized spacial score (nSPS) is 24.5. The van der Waals surface area contributed by atoms with Crippen molar-refractivity contribution < 1.29 is 15.0 Å². The molecule has 0 bridgehead atoms. The van der Waals surface area contributed by atoms with Crippen LogP contribution in [0.1, 0.15) is 28.7 Å². The number of aromatic nitrogens is 3. The van der Waals surface area contributed by atoms with Crippen LogP contribution in [-0.4, -0.2) is 30.9 Å². The van der Waals surface area contributed by atoms with Crippen molar-refractivity contribution >= 4 is 11.9 Å². The number of anilines is 1. The SMILES string of the molecule is Cc1ccc([C@@H]2Nc3ncnn3[C@@](O)(C(=O)O)[C@@H]2c2ccccc2)cc1. The van der Waals surface area contributed by atoms with Gasteiger partial charge in [0.05, 0.1) is 12.0 Å². The second kappa shape index (κ2) is 5.96. The maximum Gasteiger partial charge on any atom is 0.360 e. The number of carbonyl (C=O) groups is 1. The summed E-state index contributed by atoms with van der Waals surface area (Å²) >= 11 is 0. The molecule has 0 saturated heterocycles. The molecule has 132 valence electrons. The highest BCUT2D eigenvalue weighted by atomic mass is 16.4. The number of aliphatic hydroxyl groups is 1. The van der Waals surface area contributed by atoms with Crippen LogP contribution in [0.2, 0.25) is 0 Å². The predicted molar refractivity (Wildman–Crippen MR) is 94.6 cm³/mol. The molecule has 4 rings (SSSR count). The van der Waals surface area contributed by atoms with Crippen molar-refractivity contribution in [1.29, 1.82) is 0 Å². The Morgan fingerprint density at radius 3 is 2.46 bits per heavy atom. The Labute approximate surface area is 149 Å². The smallest absolute Gasteiger partial charge is 0.360 e. The third-order valence-corrected chi connectivity index (χ3v) is 4.83.